The lowest BCUT2D eigenvalue weighted by Crippen LogP contribution is -2.55. The molecule has 1 heterocycles. The van der Waals surface area contributed by atoms with Gasteiger partial charge in [0.25, 0.3) is 5.91 Å². The Balaban J connectivity index is 1.60. The summed E-state index contributed by atoms with van der Waals surface area (Å²) in [4.78, 5) is 41.9. The Morgan fingerprint density at radius 2 is 1.72 bits per heavy atom. The zero-order valence-electron chi connectivity index (χ0n) is 19.6. The lowest BCUT2D eigenvalue weighted by Gasteiger charge is -2.51. The van der Waals surface area contributed by atoms with Gasteiger partial charge in [-0.3, -0.25) is 14.4 Å². The van der Waals surface area contributed by atoms with Gasteiger partial charge >= 0.3 is 5.97 Å². The van der Waals surface area contributed by atoms with Crippen LogP contribution in [-0.4, -0.2) is 39.9 Å². The van der Waals surface area contributed by atoms with Gasteiger partial charge in [0, 0.05) is 35.0 Å². The molecule has 2 amide bonds. The molecule has 0 saturated heterocycles. The minimum absolute atomic E-state index is 0.0227. The molecule has 3 aliphatic rings. The second kappa shape index (κ2) is 9.81. The lowest BCUT2D eigenvalue weighted by molar-refractivity contribution is -0.145. The number of aliphatic carboxylic acids is 1. The number of hydrogen-bond donors (Lipinski definition) is 1. The molecule has 6 nitrogen and oxygen atoms in total. The number of anilines is 1. The number of rotatable bonds is 6. The van der Waals surface area contributed by atoms with Crippen LogP contribution in [0.1, 0.15) is 73.3 Å². The fraction of sp³-hybridized carbons (Fsp3) is 0.444. The van der Waals surface area contributed by atoms with Gasteiger partial charge in [-0.25, -0.2) is 8.78 Å². The molecule has 0 aromatic heterocycles. The summed E-state index contributed by atoms with van der Waals surface area (Å²) in [7, 11) is 0. The van der Waals surface area contributed by atoms with Crippen molar-refractivity contribution in [1.29, 1.82) is 0 Å². The third-order valence-corrected chi connectivity index (χ3v) is 8.07. The average Bonchev–Trinajstić information content (AvgIpc) is 3.29. The molecule has 0 radical (unpaired) electrons. The molecule has 9 heteroatoms. The van der Waals surface area contributed by atoms with E-state index in [0.29, 0.717) is 17.1 Å². The highest BCUT2D eigenvalue weighted by atomic mass is 35.5. The number of fused-ring (bicyclic) bond motifs is 2. The van der Waals surface area contributed by atoms with Gasteiger partial charge in [-0.2, -0.15) is 0 Å². The number of benzene rings is 2. The third kappa shape index (κ3) is 4.36. The number of hydrogen-bond acceptors (Lipinski definition) is 3. The van der Waals surface area contributed by atoms with Crippen molar-refractivity contribution in [3.63, 3.8) is 0 Å². The number of halogens is 3. The molecular formula is C27H27ClF2N2O4. The summed E-state index contributed by atoms with van der Waals surface area (Å²) in [5.41, 5.74) is 1.37. The van der Waals surface area contributed by atoms with Crippen LogP contribution in [0.2, 0.25) is 5.02 Å². The normalized spacial score (nSPS) is 23.0. The van der Waals surface area contributed by atoms with Crippen LogP contribution < -0.4 is 4.90 Å². The minimum Gasteiger partial charge on any atom is -0.481 e. The number of carboxylic acids is 1. The van der Waals surface area contributed by atoms with Crippen LogP contribution >= 0.6 is 11.6 Å². The zero-order chi connectivity index (χ0) is 25.6. The van der Waals surface area contributed by atoms with Crippen LogP contribution in [0.3, 0.4) is 0 Å². The predicted octanol–water partition coefficient (Wildman–Crippen LogP) is 5.73. The van der Waals surface area contributed by atoms with Gasteiger partial charge in [0.2, 0.25) is 5.91 Å². The summed E-state index contributed by atoms with van der Waals surface area (Å²) in [5.74, 6) is -3.84. The molecule has 36 heavy (non-hydrogen) atoms. The first-order valence-corrected chi connectivity index (χ1v) is 12.7. The number of carbonyl (C=O) groups is 3. The molecule has 2 aliphatic carbocycles. The fourth-order valence-electron chi connectivity index (χ4n) is 6.02. The Morgan fingerprint density at radius 1 is 0.972 bits per heavy atom. The quantitative estimate of drug-likeness (QED) is 0.531. The van der Waals surface area contributed by atoms with E-state index in [0.717, 1.165) is 49.8 Å². The Kier molecular flexibility index (Phi) is 6.72. The Labute approximate surface area is 212 Å². The molecule has 2 fully saturated rings. The van der Waals surface area contributed by atoms with Gasteiger partial charge in [-0.15, -0.1) is 0 Å². The molecular weight excluding hydrogens is 490 g/mol. The maximum Gasteiger partial charge on any atom is 0.303 e. The van der Waals surface area contributed by atoms with Crippen molar-refractivity contribution < 1.29 is 28.3 Å². The predicted molar refractivity (Wildman–Crippen MR) is 130 cm³/mol. The highest BCUT2D eigenvalue weighted by Gasteiger charge is 2.50. The number of carboxylic acid groups (broad SMARTS) is 1. The van der Waals surface area contributed by atoms with Gasteiger partial charge in [0.15, 0.2) is 11.6 Å². The summed E-state index contributed by atoms with van der Waals surface area (Å²) >= 11 is 6.36. The van der Waals surface area contributed by atoms with Crippen LogP contribution in [0.15, 0.2) is 36.4 Å². The Bertz CT molecular complexity index is 1220. The first kappa shape index (κ1) is 24.7. The van der Waals surface area contributed by atoms with Crippen LogP contribution in [-0.2, 0) is 9.59 Å². The second-order valence-corrected chi connectivity index (χ2v) is 10.3. The van der Waals surface area contributed by atoms with Crippen molar-refractivity contribution in [2.24, 2.45) is 5.92 Å². The largest absolute Gasteiger partial charge is 0.481 e. The molecule has 190 valence electrons. The van der Waals surface area contributed by atoms with E-state index in [4.69, 9.17) is 16.7 Å². The van der Waals surface area contributed by atoms with Crippen LogP contribution in [0.25, 0.3) is 0 Å². The molecule has 3 unspecified atom stereocenters. The highest BCUT2D eigenvalue weighted by Crippen LogP contribution is 2.53. The number of carbonyl (C=O) groups excluding carboxylic acids is 2. The molecule has 0 spiro atoms. The van der Waals surface area contributed by atoms with Crippen LogP contribution in [0.4, 0.5) is 14.5 Å². The van der Waals surface area contributed by atoms with E-state index in [1.807, 2.05) is 11.0 Å². The molecule has 1 aliphatic heterocycles. The van der Waals surface area contributed by atoms with Gasteiger partial charge in [-0.05, 0) is 68.0 Å². The van der Waals surface area contributed by atoms with E-state index in [-0.39, 0.29) is 48.4 Å². The first-order chi connectivity index (χ1) is 17.3. The lowest BCUT2D eigenvalue weighted by atomic mass is 9.78. The Morgan fingerprint density at radius 3 is 2.39 bits per heavy atom. The molecule has 5 rings (SSSR count). The second-order valence-electron chi connectivity index (χ2n) is 9.89. The molecule has 2 aromatic rings. The van der Waals surface area contributed by atoms with Crippen molar-refractivity contribution in [2.45, 2.75) is 69.5 Å². The SMILES string of the molecule is O=C(O)CCC(=O)N(C1CCC1)C1c2ccc(Cl)cc2N(C(=O)c2ccc(F)c(F)c2)C2CCCC21. The fourth-order valence-corrected chi connectivity index (χ4v) is 6.19. The molecule has 3 atom stereocenters. The summed E-state index contributed by atoms with van der Waals surface area (Å²) < 4.78 is 27.6. The van der Waals surface area contributed by atoms with Crippen molar-refractivity contribution in [2.75, 3.05) is 4.90 Å². The standard InChI is InChI=1S/C27H27ClF2N2O4/c28-16-8-9-19-23(14-16)32(27(36)15-7-10-20(29)21(30)13-15)22-6-2-5-18(22)26(19)31(17-3-1-4-17)24(33)11-12-25(34)35/h7-10,13-14,17-18,22,26H,1-6,11-12H2,(H,34,35). The van der Waals surface area contributed by atoms with Gasteiger partial charge in [0.1, 0.15) is 0 Å². The smallest absolute Gasteiger partial charge is 0.303 e. The van der Waals surface area contributed by atoms with Gasteiger partial charge < -0.3 is 14.9 Å². The van der Waals surface area contributed by atoms with E-state index in [1.54, 1.807) is 17.0 Å². The van der Waals surface area contributed by atoms with E-state index >= 15 is 0 Å². The summed E-state index contributed by atoms with van der Waals surface area (Å²) in [6.45, 7) is 0. The molecule has 0 bridgehead atoms. The van der Waals surface area contributed by atoms with E-state index < -0.39 is 23.5 Å². The monoisotopic (exact) mass is 516 g/mol. The van der Waals surface area contributed by atoms with Crippen LogP contribution in [0, 0.1) is 17.6 Å². The van der Waals surface area contributed by atoms with Crippen molar-refractivity contribution in [3.05, 3.63) is 64.2 Å². The summed E-state index contributed by atoms with van der Waals surface area (Å²) in [6, 6.07) is 7.83. The minimum atomic E-state index is -1.09. The molecule has 2 saturated carbocycles. The third-order valence-electron chi connectivity index (χ3n) is 7.83. The Hall–Kier alpha value is -3.00. The summed E-state index contributed by atoms with van der Waals surface area (Å²) in [5, 5.41) is 9.58. The first-order valence-electron chi connectivity index (χ1n) is 12.4. The van der Waals surface area contributed by atoms with Gasteiger partial charge in [-0.1, -0.05) is 24.1 Å². The maximum absolute atomic E-state index is 14.0. The van der Waals surface area contributed by atoms with Crippen molar-refractivity contribution in [3.8, 4) is 0 Å². The van der Waals surface area contributed by atoms with E-state index in [2.05, 4.69) is 0 Å². The average molecular weight is 517 g/mol. The molecule has 1 N–H and O–H groups in total. The topological polar surface area (TPSA) is 77.9 Å². The zero-order valence-corrected chi connectivity index (χ0v) is 20.4. The van der Waals surface area contributed by atoms with Gasteiger partial charge in [0.05, 0.1) is 18.2 Å². The van der Waals surface area contributed by atoms with E-state index in [9.17, 15) is 23.2 Å². The molecule has 2 aromatic carbocycles. The van der Waals surface area contributed by atoms with Crippen molar-refractivity contribution in [1.82, 2.24) is 4.90 Å². The maximum atomic E-state index is 14.0. The number of amides is 2. The summed E-state index contributed by atoms with van der Waals surface area (Å²) in [6.07, 6.45) is 4.72. The van der Waals surface area contributed by atoms with Crippen molar-refractivity contribution >= 4 is 35.1 Å². The van der Waals surface area contributed by atoms with Crippen LogP contribution in [0.5, 0.6) is 0 Å². The number of nitrogens with zero attached hydrogens (tertiary/aromatic N) is 2. The van der Waals surface area contributed by atoms with E-state index in [1.165, 1.54) is 6.07 Å². The highest BCUT2D eigenvalue weighted by molar-refractivity contribution is 6.31.